The van der Waals surface area contributed by atoms with E-state index in [1.165, 1.54) is 30.0 Å². The highest BCUT2D eigenvalue weighted by Crippen LogP contribution is 2.46. The summed E-state index contributed by atoms with van der Waals surface area (Å²) >= 11 is 0. The van der Waals surface area contributed by atoms with E-state index in [0.29, 0.717) is 36.7 Å². The number of likely N-dealkylation sites (tertiary alicyclic amines) is 1. The zero-order valence-electron chi connectivity index (χ0n) is 20.3. The first-order valence-corrected chi connectivity index (χ1v) is 14.5. The molecule has 17 heteroatoms. The van der Waals surface area contributed by atoms with Crippen molar-refractivity contribution in [2.45, 2.75) is 49.2 Å². The van der Waals surface area contributed by atoms with E-state index in [-0.39, 0.29) is 33.1 Å². The molecule has 2 unspecified atom stereocenters. The van der Waals surface area contributed by atoms with Gasteiger partial charge in [-0.25, -0.2) is 8.96 Å². The minimum absolute atomic E-state index is 0.0383. The summed E-state index contributed by atoms with van der Waals surface area (Å²) in [5.41, 5.74) is -10.4. The SMILES string of the molecule is Cc1c(OS(=O)(=O)C(F)(F)F)ccc2c1C1CCCN(C(=O)c3ccc4ncn(S(=O)(=O)C(F)(F)F)c4c3)C1C2. The van der Waals surface area contributed by atoms with Crippen LogP contribution in [0.4, 0.5) is 26.3 Å². The standard InChI is InChI=1S/C23H19F6N3O6S2/c1-12-19(38-40(36,37)23(27,28)29)7-5-13-9-17-15(20(12)13)3-2-8-31(17)21(33)14-4-6-16-18(10-14)32(11-30-16)39(34,35)22(24,25)26/h4-7,10-11,15,17H,2-3,8-9H2,1H3. The second-order valence-corrected chi connectivity index (χ2v) is 12.8. The maximum absolute atomic E-state index is 13.6. The first-order chi connectivity index (χ1) is 18.4. The fourth-order valence-corrected chi connectivity index (χ4v) is 6.74. The van der Waals surface area contributed by atoms with Crippen LogP contribution >= 0.6 is 0 Å². The van der Waals surface area contributed by atoms with Gasteiger partial charge in [0.1, 0.15) is 12.1 Å². The summed E-state index contributed by atoms with van der Waals surface area (Å²) in [6.07, 6.45) is 1.81. The highest BCUT2D eigenvalue weighted by molar-refractivity contribution is 7.91. The molecule has 216 valence electrons. The van der Waals surface area contributed by atoms with Gasteiger partial charge in [-0.15, -0.1) is 0 Å². The molecule has 2 aliphatic rings. The van der Waals surface area contributed by atoms with E-state index in [4.69, 9.17) is 0 Å². The Balaban J connectivity index is 1.47. The second kappa shape index (κ2) is 9.09. The number of fused-ring (bicyclic) bond motifs is 4. The molecule has 0 saturated carbocycles. The molecule has 5 rings (SSSR count). The predicted octanol–water partition coefficient (Wildman–Crippen LogP) is 4.22. The van der Waals surface area contributed by atoms with E-state index >= 15 is 0 Å². The summed E-state index contributed by atoms with van der Waals surface area (Å²) in [6.45, 7) is 1.69. The molecular formula is C23H19F6N3O6S2. The summed E-state index contributed by atoms with van der Waals surface area (Å²) in [5.74, 6) is -1.44. The van der Waals surface area contributed by atoms with Gasteiger partial charge < -0.3 is 9.08 Å². The molecule has 2 heterocycles. The summed E-state index contributed by atoms with van der Waals surface area (Å²) in [5, 5.41) is 0. The number of carbonyl (C=O) groups excluding carboxylic acids is 1. The number of halogens is 6. The lowest BCUT2D eigenvalue weighted by Gasteiger charge is -2.38. The van der Waals surface area contributed by atoms with Crippen molar-refractivity contribution in [3.63, 3.8) is 0 Å². The molecule has 2 atom stereocenters. The first-order valence-electron chi connectivity index (χ1n) is 11.7. The molecule has 0 spiro atoms. The molecule has 40 heavy (non-hydrogen) atoms. The fourth-order valence-electron chi connectivity index (χ4n) is 5.43. The lowest BCUT2D eigenvalue weighted by Crippen LogP contribution is -2.46. The monoisotopic (exact) mass is 611 g/mol. The van der Waals surface area contributed by atoms with Gasteiger partial charge in [-0.1, -0.05) is 6.07 Å². The lowest BCUT2D eigenvalue weighted by molar-refractivity contribution is -0.0500. The Morgan fingerprint density at radius 2 is 1.73 bits per heavy atom. The Kier molecular flexibility index (Phi) is 6.41. The van der Waals surface area contributed by atoms with E-state index in [9.17, 15) is 48.0 Å². The zero-order valence-corrected chi connectivity index (χ0v) is 22.0. The number of nitrogens with zero attached hydrogens (tertiary/aromatic N) is 3. The lowest BCUT2D eigenvalue weighted by atomic mass is 9.86. The van der Waals surface area contributed by atoms with Crippen molar-refractivity contribution in [3.8, 4) is 5.75 Å². The van der Waals surface area contributed by atoms with Crippen LogP contribution in [-0.2, 0) is 26.6 Å². The molecule has 9 nitrogen and oxygen atoms in total. The maximum atomic E-state index is 13.6. The zero-order chi connectivity index (χ0) is 29.4. The summed E-state index contributed by atoms with van der Waals surface area (Å²) in [6, 6.07) is 5.63. The molecule has 3 aromatic rings. The van der Waals surface area contributed by atoms with Gasteiger partial charge in [0, 0.05) is 24.1 Å². The third-order valence-electron chi connectivity index (χ3n) is 7.19. The van der Waals surface area contributed by atoms with Crippen LogP contribution in [0.25, 0.3) is 11.0 Å². The minimum atomic E-state index is -5.90. The molecule has 1 aromatic heterocycles. The summed E-state index contributed by atoms with van der Waals surface area (Å²) in [7, 11) is -11.7. The third kappa shape index (κ3) is 4.38. The van der Waals surface area contributed by atoms with Crippen molar-refractivity contribution in [2.75, 3.05) is 6.54 Å². The normalized spacial score (nSPS) is 19.9. The number of amides is 1. The van der Waals surface area contributed by atoms with E-state index in [2.05, 4.69) is 9.17 Å². The van der Waals surface area contributed by atoms with Crippen LogP contribution in [-0.4, -0.2) is 60.2 Å². The molecule has 0 bridgehead atoms. The van der Waals surface area contributed by atoms with Crippen molar-refractivity contribution in [3.05, 3.63) is 58.9 Å². The molecule has 1 saturated heterocycles. The predicted molar refractivity (Wildman–Crippen MR) is 127 cm³/mol. The Hall–Kier alpha value is -3.34. The number of carbonyl (C=O) groups is 1. The van der Waals surface area contributed by atoms with Crippen LogP contribution in [0.15, 0.2) is 36.7 Å². The van der Waals surface area contributed by atoms with Crippen LogP contribution in [0, 0.1) is 6.92 Å². The van der Waals surface area contributed by atoms with Crippen LogP contribution in [0.2, 0.25) is 0 Å². The van der Waals surface area contributed by atoms with E-state index in [1.54, 1.807) is 0 Å². The number of piperidine rings is 1. The number of rotatable bonds is 4. The molecule has 1 aliphatic carbocycles. The highest BCUT2D eigenvalue weighted by atomic mass is 32.2. The van der Waals surface area contributed by atoms with Crippen LogP contribution in [0.5, 0.6) is 5.75 Å². The van der Waals surface area contributed by atoms with Crippen LogP contribution < -0.4 is 4.18 Å². The number of aromatic nitrogens is 2. The van der Waals surface area contributed by atoms with Gasteiger partial charge in [-0.3, -0.25) is 4.79 Å². The van der Waals surface area contributed by atoms with Gasteiger partial charge in [0.05, 0.1) is 11.0 Å². The molecule has 1 aliphatic heterocycles. The van der Waals surface area contributed by atoms with Crippen molar-refractivity contribution in [1.29, 1.82) is 0 Å². The van der Waals surface area contributed by atoms with Crippen molar-refractivity contribution in [2.24, 2.45) is 0 Å². The summed E-state index contributed by atoms with van der Waals surface area (Å²) in [4.78, 5) is 18.7. The van der Waals surface area contributed by atoms with Gasteiger partial charge >= 0.3 is 31.2 Å². The van der Waals surface area contributed by atoms with Gasteiger partial charge in [0.15, 0.2) is 0 Å². The Morgan fingerprint density at radius 3 is 2.38 bits per heavy atom. The van der Waals surface area contributed by atoms with Gasteiger partial charge in [0.2, 0.25) is 0 Å². The van der Waals surface area contributed by atoms with Crippen molar-refractivity contribution >= 4 is 37.1 Å². The largest absolute Gasteiger partial charge is 0.534 e. The molecule has 2 aromatic carbocycles. The highest BCUT2D eigenvalue weighted by Gasteiger charge is 2.50. The Morgan fingerprint density at radius 1 is 1.02 bits per heavy atom. The van der Waals surface area contributed by atoms with E-state index in [1.807, 2.05) is 0 Å². The molecule has 0 N–H and O–H groups in total. The molecule has 1 fully saturated rings. The van der Waals surface area contributed by atoms with Gasteiger partial charge in [-0.05, 0) is 67.1 Å². The molecule has 0 radical (unpaired) electrons. The molecule has 1 amide bonds. The number of benzene rings is 2. The topological polar surface area (TPSA) is 116 Å². The summed E-state index contributed by atoms with van der Waals surface area (Å²) < 4.78 is 129. The maximum Gasteiger partial charge on any atom is 0.534 e. The number of hydrogen-bond donors (Lipinski definition) is 0. The van der Waals surface area contributed by atoms with Crippen LogP contribution in [0.3, 0.4) is 0 Å². The van der Waals surface area contributed by atoms with Crippen molar-refractivity contribution < 1.29 is 52.2 Å². The average Bonchev–Trinajstić information content (AvgIpc) is 3.45. The van der Waals surface area contributed by atoms with Gasteiger partial charge in [-0.2, -0.15) is 43.2 Å². The fraction of sp³-hybridized carbons (Fsp3) is 0.391. The number of imidazole rings is 1. The quantitative estimate of drug-likeness (QED) is 0.247. The third-order valence-corrected chi connectivity index (χ3v) is 9.55. The van der Waals surface area contributed by atoms with E-state index < -0.39 is 54.4 Å². The van der Waals surface area contributed by atoms with Crippen LogP contribution in [0.1, 0.15) is 45.8 Å². The number of hydrogen-bond acceptors (Lipinski definition) is 7. The first kappa shape index (κ1) is 28.2. The van der Waals surface area contributed by atoms with E-state index in [0.717, 1.165) is 12.1 Å². The Bertz CT molecular complexity index is 1750. The second-order valence-electron chi connectivity index (χ2n) is 9.46. The minimum Gasteiger partial charge on any atom is -0.376 e. The molecular weight excluding hydrogens is 592 g/mol. The smallest absolute Gasteiger partial charge is 0.376 e. The number of alkyl halides is 6. The Labute approximate surface area is 223 Å². The average molecular weight is 612 g/mol. The van der Waals surface area contributed by atoms with Crippen molar-refractivity contribution in [1.82, 2.24) is 13.9 Å². The van der Waals surface area contributed by atoms with Gasteiger partial charge in [0.25, 0.3) is 5.91 Å².